The van der Waals surface area contributed by atoms with Crippen molar-refractivity contribution in [2.75, 3.05) is 42.9 Å². The lowest BCUT2D eigenvalue weighted by atomic mass is 10.1. The second kappa shape index (κ2) is 12.5. The summed E-state index contributed by atoms with van der Waals surface area (Å²) in [6, 6.07) is 13.6. The molecule has 0 spiro atoms. The summed E-state index contributed by atoms with van der Waals surface area (Å²) in [6.07, 6.45) is 1.36. The minimum Gasteiger partial charge on any atom is -0.493 e. The summed E-state index contributed by atoms with van der Waals surface area (Å²) in [4.78, 5) is 40.1. The molecule has 1 heterocycles. The number of methoxy groups -OCH3 is 2. The smallest absolute Gasteiger partial charge is 0.340 e. The Hall–Kier alpha value is -4.47. The van der Waals surface area contributed by atoms with E-state index in [9.17, 15) is 14.4 Å². The lowest BCUT2D eigenvalue weighted by molar-refractivity contribution is -0.119. The summed E-state index contributed by atoms with van der Waals surface area (Å²) in [5, 5.41) is 5.31. The van der Waals surface area contributed by atoms with Crippen molar-refractivity contribution < 1.29 is 33.0 Å². The average Bonchev–Trinajstić information content (AvgIpc) is 3.43. The zero-order valence-electron chi connectivity index (χ0n) is 21.5. The van der Waals surface area contributed by atoms with E-state index < -0.39 is 24.4 Å². The number of anilines is 3. The van der Waals surface area contributed by atoms with Gasteiger partial charge < -0.3 is 34.2 Å². The molecule has 10 heteroatoms. The maximum absolute atomic E-state index is 12.9. The molecule has 1 aromatic heterocycles. The predicted molar refractivity (Wildman–Crippen MR) is 140 cm³/mol. The van der Waals surface area contributed by atoms with Gasteiger partial charge in [-0.15, -0.1) is 0 Å². The summed E-state index contributed by atoms with van der Waals surface area (Å²) >= 11 is 0. The van der Waals surface area contributed by atoms with Crippen molar-refractivity contribution in [2.24, 2.45) is 0 Å². The Labute approximate surface area is 215 Å². The SMILES string of the molecule is CCN(c1ccc(NC(=O)COC(=O)c2cc(OC)c(OC)cc2NC(=O)c2ccco2)cc1)C(C)C. The summed E-state index contributed by atoms with van der Waals surface area (Å²) in [5.41, 5.74) is 1.69. The second-order valence-electron chi connectivity index (χ2n) is 8.24. The topological polar surface area (TPSA) is 119 Å². The number of nitrogens with one attached hydrogen (secondary N) is 2. The van der Waals surface area contributed by atoms with Gasteiger partial charge >= 0.3 is 5.97 Å². The molecule has 0 radical (unpaired) electrons. The van der Waals surface area contributed by atoms with Crippen LogP contribution in [-0.2, 0) is 9.53 Å². The van der Waals surface area contributed by atoms with E-state index in [-0.39, 0.29) is 28.5 Å². The van der Waals surface area contributed by atoms with E-state index in [2.05, 4.69) is 36.3 Å². The monoisotopic (exact) mass is 509 g/mol. The van der Waals surface area contributed by atoms with Crippen molar-refractivity contribution >= 4 is 34.8 Å². The molecule has 10 nitrogen and oxygen atoms in total. The van der Waals surface area contributed by atoms with Crippen LogP contribution < -0.4 is 25.0 Å². The highest BCUT2D eigenvalue weighted by Crippen LogP contribution is 2.34. The van der Waals surface area contributed by atoms with Crippen LogP contribution >= 0.6 is 0 Å². The number of esters is 1. The number of hydrogen-bond acceptors (Lipinski definition) is 8. The molecule has 0 bridgehead atoms. The van der Waals surface area contributed by atoms with Crippen molar-refractivity contribution in [1.29, 1.82) is 0 Å². The molecule has 0 saturated carbocycles. The summed E-state index contributed by atoms with van der Waals surface area (Å²) in [6.45, 7) is 6.63. The van der Waals surface area contributed by atoms with Crippen LogP contribution in [0.15, 0.2) is 59.2 Å². The first-order valence-corrected chi connectivity index (χ1v) is 11.7. The number of amides is 2. The molecule has 2 N–H and O–H groups in total. The highest BCUT2D eigenvalue weighted by molar-refractivity contribution is 6.07. The van der Waals surface area contributed by atoms with E-state index in [1.807, 2.05) is 12.1 Å². The van der Waals surface area contributed by atoms with Crippen LogP contribution in [0.3, 0.4) is 0 Å². The fourth-order valence-corrected chi connectivity index (χ4v) is 3.73. The van der Waals surface area contributed by atoms with Crippen LogP contribution in [0, 0.1) is 0 Å². The van der Waals surface area contributed by atoms with E-state index in [0.29, 0.717) is 11.7 Å². The largest absolute Gasteiger partial charge is 0.493 e. The zero-order chi connectivity index (χ0) is 26.9. The molecule has 0 aliphatic carbocycles. The van der Waals surface area contributed by atoms with Crippen molar-refractivity contribution in [3.63, 3.8) is 0 Å². The molecule has 2 amide bonds. The molecule has 0 unspecified atom stereocenters. The molecule has 0 saturated heterocycles. The Kier molecular flexibility index (Phi) is 9.15. The van der Waals surface area contributed by atoms with Gasteiger partial charge in [-0.25, -0.2) is 4.79 Å². The van der Waals surface area contributed by atoms with Crippen molar-refractivity contribution in [2.45, 2.75) is 26.8 Å². The fraction of sp³-hybridized carbons (Fsp3) is 0.296. The van der Waals surface area contributed by atoms with Crippen LogP contribution in [-0.4, -0.2) is 51.2 Å². The summed E-state index contributed by atoms with van der Waals surface area (Å²) < 4.78 is 20.9. The van der Waals surface area contributed by atoms with E-state index in [1.165, 1.54) is 38.7 Å². The molecule has 37 heavy (non-hydrogen) atoms. The van der Waals surface area contributed by atoms with Crippen molar-refractivity contribution in [3.05, 3.63) is 66.1 Å². The van der Waals surface area contributed by atoms with Gasteiger partial charge in [-0.05, 0) is 57.2 Å². The zero-order valence-corrected chi connectivity index (χ0v) is 21.5. The van der Waals surface area contributed by atoms with Gasteiger partial charge in [0.25, 0.3) is 11.8 Å². The summed E-state index contributed by atoms with van der Waals surface area (Å²) in [7, 11) is 2.83. The van der Waals surface area contributed by atoms with Crippen LogP contribution in [0.2, 0.25) is 0 Å². The van der Waals surface area contributed by atoms with E-state index in [4.69, 9.17) is 18.6 Å². The van der Waals surface area contributed by atoms with Gasteiger partial charge in [-0.1, -0.05) is 0 Å². The van der Waals surface area contributed by atoms with Gasteiger partial charge in [-0.3, -0.25) is 9.59 Å². The number of ether oxygens (including phenoxy) is 3. The molecule has 2 aromatic carbocycles. The first-order chi connectivity index (χ1) is 17.8. The highest BCUT2D eigenvalue weighted by atomic mass is 16.5. The summed E-state index contributed by atoms with van der Waals surface area (Å²) in [5.74, 6) is -1.34. The normalized spacial score (nSPS) is 10.5. The van der Waals surface area contributed by atoms with E-state index in [0.717, 1.165) is 12.2 Å². The standard InChI is InChI=1S/C27H31N3O7/c1-6-30(17(2)3)19-11-9-18(10-12-19)28-25(31)16-37-27(33)20-14-23(34-4)24(35-5)15-21(20)29-26(32)22-8-7-13-36-22/h7-15,17H,6,16H2,1-5H3,(H,28,31)(H,29,32). The molecule has 0 aliphatic heterocycles. The molecule has 196 valence electrons. The number of hydrogen-bond donors (Lipinski definition) is 2. The second-order valence-corrected chi connectivity index (χ2v) is 8.24. The van der Waals surface area contributed by atoms with Gasteiger partial charge in [-0.2, -0.15) is 0 Å². The Bertz CT molecular complexity index is 1220. The molecule has 3 rings (SSSR count). The Morgan fingerprint density at radius 1 is 0.973 bits per heavy atom. The number of rotatable bonds is 11. The number of benzene rings is 2. The molecule has 3 aromatic rings. The number of nitrogens with zero attached hydrogens (tertiary/aromatic N) is 1. The maximum atomic E-state index is 12.9. The van der Waals surface area contributed by atoms with Crippen LogP contribution in [0.1, 0.15) is 41.7 Å². The van der Waals surface area contributed by atoms with E-state index >= 15 is 0 Å². The third-order valence-electron chi connectivity index (χ3n) is 5.52. The molecular weight excluding hydrogens is 478 g/mol. The first kappa shape index (κ1) is 27.1. The Balaban J connectivity index is 1.70. The molecule has 0 atom stereocenters. The average molecular weight is 510 g/mol. The van der Waals surface area contributed by atoms with Crippen LogP contribution in [0.4, 0.5) is 17.1 Å². The Morgan fingerprint density at radius 2 is 1.65 bits per heavy atom. The van der Waals surface area contributed by atoms with Gasteiger partial charge in [0.15, 0.2) is 23.9 Å². The Morgan fingerprint density at radius 3 is 2.22 bits per heavy atom. The minimum absolute atomic E-state index is 0.0250. The van der Waals surface area contributed by atoms with Crippen LogP contribution in [0.5, 0.6) is 11.5 Å². The van der Waals surface area contributed by atoms with Gasteiger partial charge in [0.05, 0.1) is 31.7 Å². The molecular formula is C27H31N3O7. The first-order valence-electron chi connectivity index (χ1n) is 11.7. The number of furan rings is 1. The third-order valence-corrected chi connectivity index (χ3v) is 5.52. The number of carbonyl (C=O) groups excluding carboxylic acids is 3. The third kappa shape index (κ3) is 6.81. The molecule has 0 aliphatic rings. The highest BCUT2D eigenvalue weighted by Gasteiger charge is 2.22. The minimum atomic E-state index is -0.836. The van der Waals surface area contributed by atoms with Crippen molar-refractivity contribution in [3.8, 4) is 11.5 Å². The van der Waals surface area contributed by atoms with Gasteiger partial charge in [0, 0.05) is 36.1 Å². The van der Waals surface area contributed by atoms with Gasteiger partial charge in [0.2, 0.25) is 0 Å². The van der Waals surface area contributed by atoms with Crippen molar-refractivity contribution in [1.82, 2.24) is 0 Å². The lowest BCUT2D eigenvalue weighted by Crippen LogP contribution is -2.30. The lowest BCUT2D eigenvalue weighted by Gasteiger charge is -2.27. The maximum Gasteiger partial charge on any atom is 0.340 e. The molecule has 0 fully saturated rings. The predicted octanol–water partition coefficient (Wildman–Crippen LogP) is 4.58. The quantitative estimate of drug-likeness (QED) is 0.361. The fourth-order valence-electron chi connectivity index (χ4n) is 3.73. The number of carbonyl (C=O) groups is 3. The van der Waals surface area contributed by atoms with Gasteiger partial charge in [0.1, 0.15) is 0 Å². The van der Waals surface area contributed by atoms with E-state index in [1.54, 1.807) is 18.2 Å². The van der Waals surface area contributed by atoms with Crippen LogP contribution in [0.25, 0.3) is 0 Å².